The molecule has 72 valence electrons. The molecule has 13 heavy (non-hydrogen) atoms. The first-order valence-electron chi connectivity index (χ1n) is 4.25. The monoisotopic (exact) mass is 182 g/mol. The molecule has 0 saturated carbocycles. The zero-order chi connectivity index (χ0) is 9.84. The smallest absolute Gasteiger partial charge is 0.254 e. The first kappa shape index (κ1) is 9.80. The molecule has 0 atom stereocenters. The number of nitrogens with zero attached hydrogens (tertiary/aromatic N) is 1. The number of hydrogen-bond acceptors (Lipinski definition) is 3. The van der Waals surface area contributed by atoms with Gasteiger partial charge in [0.2, 0.25) is 0 Å². The fraction of sp³-hybridized carbons (Fsp3) is 0.444. The molecular weight excluding hydrogens is 168 g/mol. The first-order valence-corrected chi connectivity index (χ1v) is 4.25. The maximum atomic E-state index is 11.3. The Hall–Kier alpha value is -1.29. The van der Waals surface area contributed by atoms with Gasteiger partial charge in [-0.15, -0.1) is 0 Å². The van der Waals surface area contributed by atoms with Gasteiger partial charge in [0.05, 0.1) is 0 Å². The Morgan fingerprint density at radius 3 is 2.77 bits per heavy atom. The normalized spacial score (nSPS) is 10.3. The van der Waals surface area contributed by atoms with Crippen LogP contribution in [0.15, 0.2) is 16.9 Å². The number of aromatic hydroxyl groups is 1. The van der Waals surface area contributed by atoms with E-state index >= 15 is 0 Å². The summed E-state index contributed by atoms with van der Waals surface area (Å²) in [4.78, 5) is 11.3. The Morgan fingerprint density at radius 1 is 1.54 bits per heavy atom. The van der Waals surface area contributed by atoms with E-state index in [2.05, 4.69) is 0 Å². The van der Waals surface area contributed by atoms with Crippen LogP contribution >= 0.6 is 0 Å². The SMILES string of the molecule is Cc1cc(O)cc(=O)n1CCCN. The standard InChI is InChI=1S/C9H14N2O2/c1-7-5-8(12)6-9(13)11(7)4-2-3-10/h5-6,12H,2-4,10H2,1H3. The van der Waals surface area contributed by atoms with E-state index in [0.717, 1.165) is 12.1 Å². The van der Waals surface area contributed by atoms with Crippen molar-refractivity contribution in [2.45, 2.75) is 19.9 Å². The highest BCUT2D eigenvalue weighted by molar-refractivity contribution is 5.21. The molecule has 0 aliphatic heterocycles. The van der Waals surface area contributed by atoms with Crippen LogP contribution < -0.4 is 11.3 Å². The lowest BCUT2D eigenvalue weighted by Gasteiger charge is -2.08. The molecule has 0 bridgehead atoms. The van der Waals surface area contributed by atoms with Gasteiger partial charge in [0.15, 0.2) is 0 Å². The third-order valence-corrected chi connectivity index (χ3v) is 1.91. The molecule has 1 aromatic heterocycles. The zero-order valence-corrected chi connectivity index (χ0v) is 7.66. The van der Waals surface area contributed by atoms with E-state index in [-0.39, 0.29) is 11.3 Å². The van der Waals surface area contributed by atoms with Gasteiger partial charge in [-0.2, -0.15) is 0 Å². The van der Waals surface area contributed by atoms with Crippen molar-refractivity contribution in [2.75, 3.05) is 6.54 Å². The van der Waals surface area contributed by atoms with Gasteiger partial charge in [0, 0.05) is 18.3 Å². The van der Waals surface area contributed by atoms with Gasteiger partial charge in [0.25, 0.3) is 5.56 Å². The number of nitrogens with two attached hydrogens (primary N) is 1. The fourth-order valence-electron chi connectivity index (χ4n) is 1.25. The number of aryl methyl sites for hydroxylation is 1. The second-order valence-electron chi connectivity index (χ2n) is 2.99. The largest absolute Gasteiger partial charge is 0.508 e. The van der Waals surface area contributed by atoms with E-state index in [0.29, 0.717) is 13.1 Å². The molecule has 1 rings (SSSR count). The summed E-state index contributed by atoms with van der Waals surface area (Å²) < 4.78 is 1.60. The van der Waals surface area contributed by atoms with E-state index in [1.54, 1.807) is 17.6 Å². The summed E-state index contributed by atoms with van der Waals surface area (Å²) in [5.74, 6) is 0.0199. The molecule has 0 aliphatic carbocycles. The molecule has 0 radical (unpaired) electrons. The van der Waals surface area contributed by atoms with Gasteiger partial charge in [-0.05, 0) is 26.0 Å². The number of aromatic nitrogens is 1. The number of hydrogen-bond donors (Lipinski definition) is 2. The van der Waals surface area contributed by atoms with Gasteiger partial charge in [-0.1, -0.05) is 0 Å². The highest BCUT2D eigenvalue weighted by Gasteiger charge is 2.01. The van der Waals surface area contributed by atoms with Gasteiger partial charge in [0.1, 0.15) is 5.75 Å². The molecular formula is C9H14N2O2. The quantitative estimate of drug-likeness (QED) is 0.702. The minimum atomic E-state index is -0.175. The van der Waals surface area contributed by atoms with Crippen molar-refractivity contribution >= 4 is 0 Å². The summed E-state index contributed by atoms with van der Waals surface area (Å²) in [5.41, 5.74) is 5.93. The molecule has 0 unspecified atom stereocenters. The van der Waals surface area contributed by atoms with E-state index in [1.165, 1.54) is 6.07 Å². The van der Waals surface area contributed by atoms with Crippen LogP contribution in [0.2, 0.25) is 0 Å². The zero-order valence-electron chi connectivity index (χ0n) is 7.66. The average molecular weight is 182 g/mol. The third-order valence-electron chi connectivity index (χ3n) is 1.91. The predicted octanol–water partition coefficient (Wildman–Crippen LogP) is 0.211. The number of rotatable bonds is 3. The Bertz CT molecular complexity index is 344. The minimum absolute atomic E-state index is 0.0199. The second kappa shape index (κ2) is 4.09. The van der Waals surface area contributed by atoms with Crippen LogP contribution in [0, 0.1) is 6.92 Å². The van der Waals surface area contributed by atoms with Crippen LogP contribution in [0.4, 0.5) is 0 Å². The molecule has 0 fully saturated rings. The molecule has 0 amide bonds. The third kappa shape index (κ3) is 2.32. The lowest BCUT2D eigenvalue weighted by atomic mass is 10.3. The van der Waals surface area contributed by atoms with Crippen molar-refractivity contribution in [2.24, 2.45) is 5.73 Å². The topological polar surface area (TPSA) is 68.2 Å². The number of pyridine rings is 1. The van der Waals surface area contributed by atoms with Crippen LogP contribution in [0.1, 0.15) is 12.1 Å². The molecule has 3 N–H and O–H groups in total. The van der Waals surface area contributed by atoms with Gasteiger partial charge in [-0.25, -0.2) is 0 Å². The molecule has 0 saturated heterocycles. The van der Waals surface area contributed by atoms with Crippen molar-refractivity contribution in [1.29, 1.82) is 0 Å². The molecule has 0 aromatic carbocycles. The van der Waals surface area contributed by atoms with Crippen molar-refractivity contribution in [1.82, 2.24) is 4.57 Å². The van der Waals surface area contributed by atoms with Crippen molar-refractivity contribution in [3.8, 4) is 5.75 Å². The average Bonchev–Trinajstić information content (AvgIpc) is 2.02. The first-order chi connectivity index (χ1) is 6.15. The summed E-state index contributed by atoms with van der Waals surface area (Å²) in [6.07, 6.45) is 0.769. The van der Waals surface area contributed by atoms with Crippen LogP contribution in [0.25, 0.3) is 0 Å². The van der Waals surface area contributed by atoms with E-state index in [4.69, 9.17) is 10.8 Å². The highest BCUT2D eigenvalue weighted by atomic mass is 16.3. The predicted molar refractivity (Wildman–Crippen MR) is 50.8 cm³/mol. The van der Waals surface area contributed by atoms with Crippen molar-refractivity contribution in [3.05, 3.63) is 28.2 Å². The Morgan fingerprint density at radius 2 is 2.23 bits per heavy atom. The fourth-order valence-corrected chi connectivity index (χ4v) is 1.25. The summed E-state index contributed by atoms with van der Waals surface area (Å²) >= 11 is 0. The minimum Gasteiger partial charge on any atom is -0.508 e. The molecule has 4 nitrogen and oxygen atoms in total. The van der Waals surface area contributed by atoms with E-state index in [1.807, 2.05) is 0 Å². The molecule has 0 spiro atoms. The summed E-state index contributed by atoms with van der Waals surface area (Å²) in [7, 11) is 0. The van der Waals surface area contributed by atoms with Crippen LogP contribution in [0.3, 0.4) is 0 Å². The van der Waals surface area contributed by atoms with Gasteiger partial charge >= 0.3 is 0 Å². The molecule has 4 heteroatoms. The Balaban J connectivity index is 2.99. The van der Waals surface area contributed by atoms with Gasteiger partial charge < -0.3 is 15.4 Å². The lowest BCUT2D eigenvalue weighted by Crippen LogP contribution is -2.22. The Labute approximate surface area is 76.6 Å². The Kier molecular flexibility index (Phi) is 3.08. The molecule has 1 aromatic rings. The second-order valence-corrected chi connectivity index (χ2v) is 2.99. The van der Waals surface area contributed by atoms with Crippen molar-refractivity contribution in [3.63, 3.8) is 0 Å². The summed E-state index contributed by atoms with van der Waals surface area (Å²) in [6.45, 7) is 2.96. The molecule has 1 heterocycles. The van der Waals surface area contributed by atoms with Crippen LogP contribution in [-0.4, -0.2) is 16.2 Å². The lowest BCUT2D eigenvalue weighted by molar-refractivity contribution is 0.468. The van der Waals surface area contributed by atoms with E-state index in [9.17, 15) is 4.79 Å². The summed E-state index contributed by atoms with van der Waals surface area (Å²) in [5, 5.41) is 9.11. The van der Waals surface area contributed by atoms with Gasteiger partial charge in [-0.3, -0.25) is 4.79 Å². The molecule has 0 aliphatic rings. The van der Waals surface area contributed by atoms with Crippen LogP contribution in [0.5, 0.6) is 5.75 Å². The van der Waals surface area contributed by atoms with E-state index < -0.39 is 0 Å². The summed E-state index contributed by atoms with van der Waals surface area (Å²) in [6, 6.07) is 2.78. The maximum Gasteiger partial charge on any atom is 0.254 e. The van der Waals surface area contributed by atoms with Crippen LogP contribution in [-0.2, 0) is 6.54 Å². The maximum absolute atomic E-state index is 11.3. The van der Waals surface area contributed by atoms with Crippen molar-refractivity contribution < 1.29 is 5.11 Å². The highest BCUT2D eigenvalue weighted by Crippen LogP contribution is 2.06.